The number of esters is 2. The van der Waals surface area contributed by atoms with Gasteiger partial charge >= 0.3 is 11.9 Å². The summed E-state index contributed by atoms with van der Waals surface area (Å²) in [7, 11) is 2.56. The van der Waals surface area contributed by atoms with E-state index in [1.807, 2.05) is 42.5 Å². The molecule has 0 spiro atoms. The first-order chi connectivity index (χ1) is 11.1. The fraction of sp³-hybridized carbons (Fsp3) is 0.263. The molecule has 0 bridgehead atoms. The molecule has 0 amide bonds. The van der Waals surface area contributed by atoms with Gasteiger partial charge in [-0.25, -0.2) is 0 Å². The molecule has 2 aromatic carbocycles. The highest BCUT2D eigenvalue weighted by molar-refractivity contribution is 6.08. The predicted molar refractivity (Wildman–Crippen MR) is 87.6 cm³/mol. The van der Waals surface area contributed by atoms with Crippen LogP contribution in [0, 0.1) is 11.3 Å². The molecule has 1 unspecified atom stereocenters. The SMILES string of the molecule is C=C(c1cccc2ccccc12)C1CC1(C(=O)OC)C(=O)OC. The van der Waals surface area contributed by atoms with E-state index in [1.165, 1.54) is 14.2 Å². The van der Waals surface area contributed by atoms with Gasteiger partial charge in [-0.2, -0.15) is 0 Å². The first kappa shape index (κ1) is 15.3. The van der Waals surface area contributed by atoms with Crippen molar-refractivity contribution in [2.24, 2.45) is 11.3 Å². The Balaban J connectivity index is 2.01. The van der Waals surface area contributed by atoms with E-state index in [2.05, 4.69) is 6.58 Å². The van der Waals surface area contributed by atoms with E-state index in [0.717, 1.165) is 21.9 Å². The molecule has 0 N–H and O–H groups in total. The molecule has 0 aliphatic heterocycles. The molecule has 1 fully saturated rings. The van der Waals surface area contributed by atoms with Gasteiger partial charge < -0.3 is 9.47 Å². The van der Waals surface area contributed by atoms with Gasteiger partial charge in [0, 0.05) is 5.92 Å². The highest BCUT2D eigenvalue weighted by Crippen LogP contribution is 2.60. The number of rotatable bonds is 4. The van der Waals surface area contributed by atoms with Crippen LogP contribution in [0.4, 0.5) is 0 Å². The zero-order valence-electron chi connectivity index (χ0n) is 13.2. The third kappa shape index (κ3) is 2.22. The Morgan fingerprint density at radius 1 is 1.04 bits per heavy atom. The summed E-state index contributed by atoms with van der Waals surface area (Å²) in [4.78, 5) is 24.3. The number of carbonyl (C=O) groups is 2. The summed E-state index contributed by atoms with van der Waals surface area (Å²) in [6.07, 6.45) is 0.369. The number of benzene rings is 2. The van der Waals surface area contributed by atoms with E-state index in [-0.39, 0.29) is 5.92 Å². The minimum atomic E-state index is -1.25. The largest absolute Gasteiger partial charge is 0.468 e. The molecule has 3 rings (SSSR count). The van der Waals surface area contributed by atoms with Crippen LogP contribution in [0.5, 0.6) is 0 Å². The van der Waals surface area contributed by atoms with Crippen molar-refractivity contribution in [1.29, 1.82) is 0 Å². The summed E-state index contributed by atoms with van der Waals surface area (Å²) in [6, 6.07) is 13.9. The lowest BCUT2D eigenvalue weighted by Gasteiger charge is -2.15. The Kier molecular flexibility index (Phi) is 3.68. The summed E-state index contributed by atoms with van der Waals surface area (Å²) in [5, 5.41) is 2.14. The lowest BCUT2D eigenvalue weighted by Crippen LogP contribution is -2.30. The second-order valence-electron chi connectivity index (χ2n) is 5.76. The van der Waals surface area contributed by atoms with Crippen molar-refractivity contribution in [2.45, 2.75) is 6.42 Å². The molecule has 4 heteroatoms. The third-order valence-corrected chi connectivity index (χ3v) is 4.62. The number of hydrogen-bond donors (Lipinski definition) is 0. The lowest BCUT2D eigenvalue weighted by atomic mass is 9.92. The predicted octanol–water partition coefficient (Wildman–Crippen LogP) is 3.21. The molecule has 1 atom stereocenters. The number of methoxy groups -OCH3 is 2. The van der Waals surface area contributed by atoms with Crippen molar-refractivity contribution in [3.05, 3.63) is 54.6 Å². The van der Waals surface area contributed by atoms with Gasteiger partial charge in [0.2, 0.25) is 0 Å². The second-order valence-corrected chi connectivity index (χ2v) is 5.76. The summed E-state index contributed by atoms with van der Waals surface area (Å²) >= 11 is 0. The van der Waals surface area contributed by atoms with E-state index in [0.29, 0.717) is 6.42 Å². The molecule has 0 saturated heterocycles. The molecule has 23 heavy (non-hydrogen) atoms. The van der Waals surface area contributed by atoms with Gasteiger partial charge in [-0.1, -0.05) is 49.0 Å². The van der Waals surface area contributed by atoms with Gasteiger partial charge in [0.05, 0.1) is 14.2 Å². The Bertz CT molecular complexity index is 785. The Morgan fingerprint density at radius 2 is 1.65 bits per heavy atom. The van der Waals surface area contributed by atoms with Crippen molar-refractivity contribution < 1.29 is 19.1 Å². The number of carbonyl (C=O) groups excluding carboxylic acids is 2. The molecule has 1 aliphatic rings. The van der Waals surface area contributed by atoms with Gasteiger partial charge in [0.15, 0.2) is 5.41 Å². The molecule has 2 aromatic rings. The normalized spacial score (nSPS) is 18.3. The molecule has 1 aliphatic carbocycles. The van der Waals surface area contributed by atoms with E-state index >= 15 is 0 Å². The zero-order chi connectivity index (χ0) is 16.6. The Morgan fingerprint density at radius 3 is 2.30 bits per heavy atom. The summed E-state index contributed by atoms with van der Waals surface area (Å²) in [5.74, 6) is -1.42. The van der Waals surface area contributed by atoms with Crippen LogP contribution in [0.3, 0.4) is 0 Å². The molecule has 4 nitrogen and oxygen atoms in total. The summed E-state index contributed by atoms with van der Waals surface area (Å²) < 4.78 is 9.65. The Labute approximate surface area is 134 Å². The molecule has 0 aromatic heterocycles. The van der Waals surface area contributed by atoms with Gasteiger partial charge in [-0.15, -0.1) is 0 Å². The smallest absolute Gasteiger partial charge is 0.323 e. The first-order valence-corrected chi connectivity index (χ1v) is 7.40. The third-order valence-electron chi connectivity index (χ3n) is 4.62. The van der Waals surface area contributed by atoms with Crippen molar-refractivity contribution in [3.63, 3.8) is 0 Å². The standard InChI is InChI=1S/C19H18O4/c1-12(14-10-6-8-13-7-4-5-9-15(13)14)16-11-19(16,17(20)22-2)18(21)23-3/h4-10,16H,1,11H2,2-3H3. The second kappa shape index (κ2) is 5.54. The number of hydrogen-bond acceptors (Lipinski definition) is 4. The maximum Gasteiger partial charge on any atom is 0.323 e. The van der Waals surface area contributed by atoms with Crippen molar-refractivity contribution in [2.75, 3.05) is 14.2 Å². The molecule has 0 heterocycles. The van der Waals surface area contributed by atoms with E-state index in [9.17, 15) is 9.59 Å². The maximum absolute atomic E-state index is 12.1. The zero-order valence-corrected chi connectivity index (χ0v) is 13.2. The topological polar surface area (TPSA) is 52.6 Å². The molecular weight excluding hydrogens is 292 g/mol. The molecule has 0 radical (unpaired) electrons. The van der Waals surface area contributed by atoms with E-state index in [4.69, 9.17) is 9.47 Å². The van der Waals surface area contributed by atoms with Crippen LogP contribution in [-0.4, -0.2) is 26.2 Å². The quantitative estimate of drug-likeness (QED) is 0.643. The molecule has 1 saturated carbocycles. The van der Waals surface area contributed by atoms with Crippen molar-refractivity contribution in [1.82, 2.24) is 0 Å². The van der Waals surface area contributed by atoms with Gasteiger partial charge in [0.1, 0.15) is 0 Å². The van der Waals surface area contributed by atoms with Crippen LogP contribution in [0.2, 0.25) is 0 Å². The van der Waals surface area contributed by atoms with Crippen LogP contribution in [0.1, 0.15) is 12.0 Å². The van der Waals surface area contributed by atoms with E-state index in [1.54, 1.807) is 0 Å². The van der Waals surface area contributed by atoms with Crippen LogP contribution in [-0.2, 0) is 19.1 Å². The highest BCUT2D eigenvalue weighted by Gasteiger charge is 2.68. The highest BCUT2D eigenvalue weighted by atomic mass is 16.5. The first-order valence-electron chi connectivity index (χ1n) is 7.40. The minimum absolute atomic E-state index is 0.298. The fourth-order valence-corrected chi connectivity index (χ4v) is 3.28. The summed E-state index contributed by atoms with van der Waals surface area (Å²) in [6.45, 7) is 4.15. The maximum atomic E-state index is 12.1. The number of fused-ring (bicyclic) bond motifs is 1. The van der Waals surface area contributed by atoms with Crippen LogP contribution in [0.25, 0.3) is 16.3 Å². The van der Waals surface area contributed by atoms with Gasteiger partial charge in [-0.05, 0) is 28.3 Å². The van der Waals surface area contributed by atoms with E-state index < -0.39 is 17.4 Å². The average molecular weight is 310 g/mol. The van der Waals surface area contributed by atoms with Crippen molar-refractivity contribution >= 4 is 28.3 Å². The molecular formula is C19H18O4. The van der Waals surface area contributed by atoms with Gasteiger partial charge in [0.25, 0.3) is 0 Å². The fourth-order valence-electron chi connectivity index (χ4n) is 3.28. The van der Waals surface area contributed by atoms with Gasteiger partial charge in [-0.3, -0.25) is 9.59 Å². The Hall–Kier alpha value is -2.62. The summed E-state index contributed by atoms with van der Waals surface area (Å²) in [5.41, 5.74) is 0.456. The van der Waals surface area contributed by atoms with Crippen LogP contribution >= 0.6 is 0 Å². The minimum Gasteiger partial charge on any atom is -0.468 e. The lowest BCUT2D eigenvalue weighted by molar-refractivity contribution is -0.161. The van der Waals surface area contributed by atoms with Crippen LogP contribution < -0.4 is 0 Å². The monoisotopic (exact) mass is 310 g/mol. The van der Waals surface area contributed by atoms with Crippen molar-refractivity contribution in [3.8, 4) is 0 Å². The number of ether oxygens (including phenoxy) is 2. The molecule has 118 valence electrons. The number of allylic oxidation sites excluding steroid dienone is 1. The van der Waals surface area contributed by atoms with Crippen LogP contribution in [0.15, 0.2) is 49.0 Å². The average Bonchev–Trinajstić information content (AvgIpc) is 3.36.